The summed E-state index contributed by atoms with van der Waals surface area (Å²) in [6.45, 7) is 0. The van der Waals surface area contributed by atoms with Crippen LogP contribution >= 0.6 is 8.46 Å². The van der Waals surface area contributed by atoms with Gasteiger partial charge in [-0.15, -0.1) is 0 Å². The van der Waals surface area contributed by atoms with E-state index in [1.165, 1.54) is 18.2 Å². The van der Waals surface area contributed by atoms with Gasteiger partial charge in [-0.2, -0.15) is 0 Å². The van der Waals surface area contributed by atoms with Crippen LogP contribution in [0.2, 0.25) is 0 Å². The second kappa shape index (κ2) is 5.91. The summed E-state index contributed by atoms with van der Waals surface area (Å²) in [5.74, 6) is 0. The highest BCUT2D eigenvalue weighted by molar-refractivity contribution is 7.94. The Kier molecular flexibility index (Phi) is 4.25. The second-order valence-corrected chi connectivity index (χ2v) is 6.31. The van der Waals surface area contributed by atoms with Crippen molar-refractivity contribution in [1.82, 2.24) is 0 Å². The lowest BCUT2D eigenvalue weighted by Gasteiger charge is -1.99. The quantitative estimate of drug-likeness (QED) is 0.813. The van der Waals surface area contributed by atoms with Crippen LogP contribution in [0.25, 0.3) is 6.08 Å². The molecule has 0 saturated carbocycles. The summed E-state index contributed by atoms with van der Waals surface area (Å²) in [5, 5.41) is 1.69. The molecule has 0 fully saturated rings. The zero-order valence-corrected chi connectivity index (χ0v) is 11.6. The van der Waals surface area contributed by atoms with Crippen LogP contribution in [0.15, 0.2) is 64.9 Å². The molecule has 0 aliphatic rings. The minimum absolute atomic E-state index is 0.131. The van der Waals surface area contributed by atoms with Gasteiger partial charge in [0.25, 0.3) is 0 Å². The topological polar surface area (TPSA) is 51.2 Å². The third-order valence-corrected chi connectivity index (χ3v) is 4.56. The molecule has 5 heteroatoms. The zero-order chi connectivity index (χ0) is 13.7. The molecule has 2 aromatic rings. The highest BCUT2D eigenvalue weighted by Crippen LogP contribution is 2.14. The van der Waals surface area contributed by atoms with Crippen molar-refractivity contribution in [3.63, 3.8) is 0 Å². The van der Waals surface area contributed by atoms with Crippen molar-refractivity contribution in [3.05, 3.63) is 65.6 Å². The maximum atomic E-state index is 12.0. The van der Waals surface area contributed by atoms with Gasteiger partial charge in [0.1, 0.15) is 0 Å². The van der Waals surface area contributed by atoms with Gasteiger partial charge in [0.05, 0.1) is 4.90 Å². The fourth-order valence-electron chi connectivity index (χ4n) is 1.56. The van der Waals surface area contributed by atoms with E-state index in [9.17, 15) is 13.0 Å². The molecule has 2 rings (SSSR count). The van der Waals surface area contributed by atoms with Gasteiger partial charge in [-0.1, -0.05) is 36.4 Å². The molecule has 96 valence electrons. The van der Waals surface area contributed by atoms with Crippen LogP contribution in [0.1, 0.15) is 5.56 Å². The smallest absolute Gasteiger partial charge is 0.199 e. The van der Waals surface area contributed by atoms with Gasteiger partial charge >= 0.3 is 0 Å². The Labute approximate surface area is 113 Å². The molecule has 0 heterocycles. The molecular weight excluding hydrogens is 279 g/mol. The van der Waals surface area contributed by atoms with E-state index >= 15 is 0 Å². The Morgan fingerprint density at radius 1 is 0.895 bits per heavy atom. The number of benzene rings is 2. The van der Waals surface area contributed by atoms with Crippen LogP contribution in [0, 0.1) is 0 Å². The van der Waals surface area contributed by atoms with Crippen LogP contribution in [0.5, 0.6) is 0 Å². The van der Waals surface area contributed by atoms with E-state index in [1.807, 2.05) is 0 Å². The van der Waals surface area contributed by atoms with E-state index in [-0.39, 0.29) is 13.4 Å². The molecule has 0 aliphatic carbocycles. The van der Waals surface area contributed by atoms with Gasteiger partial charge in [-0.05, 0) is 29.8 Å². The predicted octanol–water partition coefficient (Wildman–Crippen LogP) is 3.05. The van der Waals surface area contributed by atoms with E-state index in [4.69, 9.17) is 0 Å². The van der Waals surface area contributed by atoms with Crippen molar-refractivity contribution < 1.29 is 13.0 Å². The molecule has 0 aromatic heterocycles. The normalized spacial score (nSPS) is 12.0. The monoisotopic (exact) mass is 290 g/mol. The molecular formula is C14H11O3PS. The lowest BCUT2D eigenvalue weighted by Crippen LogP contribution is -1.98. The Hall–Kier alpha value is -1.77. The van der Waals surface area contributed by atoms with E-state index in [2.05, 4.69) is 0 Å². The lowest BCUT2D eigenvalue weighted by atomic mass is 10.2. The predicted molar refractivity (Wildman–Crippen MR) is 76.3 cm³/mol. The molecule has 0 aliphatic heterocycles. The van der Waals surface area contributed by atoms with Crippen LogP contribution < -0.4 is 5.30 Å². The minimum atomic E-state index is -3.47. The first-order chi connectivity index (χ1) is 9.13. The van der Waals surface area contributed by atoms with Crippen molar-refractivity contribution in [2.75, 3.05) is 0 Å². The average Bonchev–Trinajstić information content (AvgIpc) is 2.46. The first-order valence-electron chi connectivity index (χ1n) is 5.54. The SMILES string of the molecule is O=Pc1ccccc1C=CS(=O)(=O)c1ccccc1. The third-order valence-electron chi connectivity index (χ3n) is 2.53. The Morgan fingerprint density at radius 3 is 2.21 bits per heavy atom. The van der Waals surface area contributed by atoms with Crippen molar-refractivity contribution in [2.24, 2.45) is 0 Å². The van der Waals surface area contributed by atoms with Gasteiger partial charge in [-0.3, -0.25) is 4.57 Å². The van der Waals surface area contributed by atoms with Gasteiger partial charge in [0, 0.05) is 10.7 Å². The van der Waals surface area contributed by atoms with Crippen molar-refractivity contribution in [1.29, 1.82) is 0 Å². The molecule has 2 aromatic carbocycles. The van der Waals surface area contributed by atoms with Crippen LogP contribution in [-0.4, -0.2) is 8.42 Å². The van der Waals surface area contributed by atoms with Crippen molar-refractivity contribution in [3.8, 4) is 0 Å². The summed E-state index contributed by atoms with van der Waals surface area (Å²) in [4.78, 5) is 0.239. The molecule has 0 saturated heterocycles. The summed E-state index contributed by atoms with van der Waals surface area (Å²) in [6.07, 6.45) is 1.46. The molecule has 0 radical (unpaired) electrons. The fourth-order valence-corrected chi connectivity index (χ4v) is 2.98. The number of hydrogen-bond donors (Lipinski definition) is 0. The maximum Gasteiger partial charge on any atom is 0.199 e. The van der Waals surface area contributed by atoms with Crippen molar-refractivity contribution >= 4 is 29.7 Å². The summed E-state index contributed by atoms with van der Waals surface area (Å²) in [6, 6.07) is 15.1. The summed E-state index contributed by atoms with van der Waals surface area (Å²) in [7, 11) is -3.60. The summed E-state index contributed by atoms with van der Waals surface area (Å²) >= 11 is 0. The molecule has 0 bridgehead atoms. The standard InChI is InChI=1S/C14H11O3PS/c15-18-14-9-5-4-6-12(14)10-11-19(16,17)13-7-2-1-3-8-13/h1-11H. The number of rotatable bonds is 4. The molecule has 0 atom stereocenters. The molecule has 3 nitrogen and oxygen atoms in total. The maximum absolute atomic E-state index is 12.0. The van der Waals surface area contributed by atoms with Crippen LogP contribution in [0.3, 0.4) is 0 Å². The number of sulfone groups is 1. The summed E-state index contributed by atoms with van der Waals surface area (Å²) in [5.41, 5.74) is 0.624. The van der Waals surface area contributed by atoms with Crippen LogP contribution in [-0.2, 0) is 14.4 Å². The lowest BCUT2D eigenvalue weighted by molar-refractivity contribution is 0.602. The van der Waals surface area contributed by atoms with E-state index in [0.29, 0.717) is 10.9 Å². The second-order valence-electron chi connectivity index (χ2n) is 3.81. The first-order valence-corrected chi connectivity index (χ1v) is 7.90. The first kappa shape index (κ1) is 13.7. The Morgan fingerprint density at radius 2 is 1.53 bits per heavy atom. The molecule has 0 amide bonds. The largest absolute Gasteiger partial charge is 0.269 e. The zero-order valence-electron chi connectivity index (χ0n) is 9.93. The van der Waals surface area contributed by atoms with Gasteiger partial charge < -0.3 is 0 Å². The third kappa shape index (κ3) is 3.37. The highest BCUT2D eigenvalue weighted by atomic mass is 32.2. The fraction of sp³-hybridized carbons (Fsp3) is 0. The van der Waals surface area contributed by atoms with Crippen molar-refractivity contribution in [2.45, 2.75) is 4.90 Å². The number of hydrogen-bond acceptors (Lipinski definition) is 3. The van der Waals surface area contributed by atoms with E-state index < -0.39 is 9.84 Å². The van der Waals surface area contributed by atoms with Gasteiger partial charge in [0.15, 0.2) is 18.3 Å². The van der Waals surface area contributed by atoms with Gasteiger partial charge in [0.2, 0.25) is 0 Å². The molecule has 0 spiro atoms. The Balaban J connectivity index is 2.35. The van der Waals surface area contributed by atoms with Gasteiger partial charge in [-0.25, -0.2) is 8.42 Å². The molecule has 0 unspecified atom stereocenters. The average molecular weight is 290 g/mol. The Bertz CT molecular complexity index is 706. The summed E-state index contributed by atoms with van der Waals surface area (Å²) < 4.78 is 35.0. The van der Waals surface area contributed by atoms with Crippen LogP contribution in [0.4, 0.5) is 0 Å². The minimum Gasteiger partial charge on any atom is -0.269 e. The molecule has 19 heavy (non-hydrogen) atoms. The highest BCUT2D eigenvalue weighted by Gasteiger charge is 2.09. The van der Waals surface area contributed by atoms with E-state index in [0.717, 1.165) is 5.41 Å². The molecule has 0 N–H and O–H groups in total. The van der Waals surface area contributed by atoms with E-state index in [1.54, 1.807) is 42.5 Å².